The number of hydrogen-bond acceptors (Lipinski definition) is 3. The third kappa shape index (κ3) is 2.53. The van der Waals surface area contributed by atoms with Crippen LogP contribution in [0.1, 0.15) is 31.5 Å². The summed E-state index contributed by atoms with van der Waals surface area (Å²) >= 11 is 0. The van der Waals surface area contributed by atoms with Gasteiger partial charge in [-0.25, -0.2) is 0 Å². The van der Waals surface area contributed by atoms with Crippen LogP contribution in [0.5, 0.6) is 0 Å². The van der Waals surface area contributed by atoms with Crippen LogP contribution in [0.15, 0.2) is 18.3 Å². The fourth-order valence-electron chi connectivity index (χ4n) is 2.26. The molecule has 1 aromatic heterocycles. The Hall–Kier alpha value is -1.42. The van der Waals surface area contributed by atoms with Crippen LogP contribution in [-0.2, 0) is 17.8 Å². The molecule has 0 aliphatic carbocycles. The normalized spacial score (nSPS) is 18.1. The van der Waals surface area contributed by atoms with Crippen LogP contribution in [0.2, 0.25) is 0 Å². The van der Waals surface area contributed by atoms with Gasteiger partial charge in [0.25, 0.3) is 0 Å². The van der Waals surface area contributed by atoms with Gasteiger partial charge in [-0.3, -0.25) is 9.78 Å². The van der Waals surface area contributed by atoms with Crippen molar-refractivity contribution >= 4 is 5.91 Å². The first kappa shape index (κ1) is 13.0. The van der Waals surface area contributed by atoms with E-state index in [1.54, 1.807) is 6.20 Å². The molecule has 2 rings (SSSR count). The average Bonchev–Trinajstić information content (AvgIpc) is 2.44. The van der Waals surface area contributed by atoms with E-state index in [-0.39, 0.29) is 17.9 Å². The van der Waals surface area contributed by atoms with Gasteiger partial charge in [-0.2, -0.15) is 0 Å². The monoisotopic (exact) mass is 247 g/mol. The van der Waals surface area contributed by atoms with Gasteiger partial charge in [-0.1, -0.05) is 26.3 Å². The summed E-state index contributed by atoms with van der Waals surface area (Å²) in [5, 5.41) is 0. The summed E-state index contributed by atoms with van der Waals surface area (Å²) in [6, 6.07) is 3.58. The van der Waals surface area contributed by atoms with E-state index in [1.807, 2.05) is 24.0 Å². The fraction of sp³-hybridized carbons (Fsp3) is 0.571. The quantitative estimate of drug-likeness (QED) is 0.877. The molecule has 4 nitrogen and oxygen atoms in total. The Morgan fingerprint density at radius 3 is 3.11 bits per heavy atom. The molecule has 0 spiro atoms. The molecule has 0 unspecified atom stereocenters. The van der Waals surface area contributed by atoms with Gasteiger partial charge in [0.05, 0.1) is 6.04 Å². The average molecular weight is 247 g/mol. The number of nitrogens with two attached hydrogens (primary N) is 1. The summed E-state index contributed by atoms with van der Waals surface area (Å²) in [5.74, 6) is 0.298. The standard InChI is InChI=1S/C14H21N3O/c1-3-10(2)13(15)14(18)17-8-6-12-11(9-17)5-4-7-16-12/h4-5,7,10,13H,3,6,8-9,15H2,1-2H3/t10-,13-/m0/s1. The summed E-state index contributed by atoms with van der Waals surface area (Å²) in [5.41, 5.74) is 8.27. The second-order valence-electron chi connectivity index (χ2n) is 5.03. The molecule has 2 heterocycles. The molecule has 0 aromatic carbocycles. The summed E-state index contributed by atoms with van der Waals surface area (Å²) in [7, 11) is 0. The molecule has 1 aliphatic heterocycles. The lowest BCUT2D eigenvalue weighted by Gasteiger charge is -2.31. The molecule has 98 valence electrons. The van der Waals surface area contributed by atoms with Crippen LogP contribution in [-0.4, -0.2) is 28.4 Å². The molecular weight excluding hydrogens is 226 g/mol. The second-order valence-corrected chi connectivity index (χ2v) is 5.03. The maximum Gasteiger partial charge on any atom is 0.240 e. The number of amides is 1. The van der Waals surface area contributed by atoms with Crippen molar-refractivity contribution in [1.29, 1.82) is 0 Å². The van der Waals surface area contributed by atoms with Crippen molar-refractivity contribution in [3.63, 3.8) is 0 Å². The van der Waals surface area contributed by atoms with Crippen LogP contribution in [0.3, 0.4) is 0 Å². The molecule has 1 aromatic rings. The molecule has 0 fully saturated rings. The van der Waals surface area contributed by atoms with Crippen molar-refractivity contribution in [3.05, 3.63) is 29.6 Å². The third-order valence-corrected chi connectivity index (χ3v) is 3.82. The predicted octanol–water partition coefficient (Wildman–Crippen LogP) is 1.34. The van der Waals surface area contributed by atoms with Gasteiger partial charge in [0.1, 0.15) is 0 Å². The maximum atomic E-state index is 12.3. The number of nitrogens with zero attached hydrogens (tertiary/aromatic N) is 2. The van der Waals surface area contributed by atoms with Crippen LogP contribution in [0, 0.1) is 5.92 Å². The Morgan fingerprint density at radius 1 is 1.61 bits per heavy atom. The fourth-order valence-corrected chi connectivity index (χ4v) is 2.26. The molecule has 2 N–H and O–H groups in total. The summed E-state index contributed by atoms with van der Waals surface area (Å²) in [6.07, 6.45) is 3.56. The van der Waals surface area contributed by atoms with Crippen LogP contribution >= 0.6 is 0 Å². The third-order valence-electron chi connectivity index (χ3n) is 3.82. The van der Waals surface area contributed by atoms with E-state index in [0.29, 0.717) is 6.54 Å². The summed E-state index contributed by atoms with van der Waals surface area (Å²) < 4.78 is 0. The molecular formula is C14H21N3O. The first-order chi connectivity index (χ1) is 8.63. The molecule has 1 amide bonds. The van der Waals surface area contributed by atoms with Gasteiger partial charge in [-0.05, 0) is 17.5 Å². The number of rotatable bonds is 3. The zero-order valence-corrected chi connectivity index (χ0v) is 11.1. The zero-order valence-electron chi connectivity index (χ0n) is 11.1. The largest absolute Gasteiger partial charge is 0.337 e. The number of carbonyl (C=O) groups excluding carboxylic acids is 1. The Morgan fingerprint density at radius 2 is 2.39 bits per heavy atom. The van der Waals surface area contributed by atoms with Crippen molar-refractivity contribution in [1.82, 2.24) is 9.88 Å². The lowest BCUT2D eigenvalue weighted by Crippen LogP contribution is -2.48. The minimum absolute atomic E-state index is 0.0684. The van der Waals surface area contributed by atoms with E-state index in [0.717, 1.165) is 30.6 Å². The first-order valence-electron chi connectivity index (χ1n) is 6.60. The van der Waals surface area contributed by atoms with E-state index in [2.05, 4.69) is 11.9 Å². The van der Waals surface area contributed by atoms with Crippen molar-refractivity contribution in [2.75, 3.05) is 6.54 Å². The van der Waals surface area contributed by atoms with E-state index in [4.69, 9.17) is 5.73 Å². The van der Waals surface area contributed by atoms with E-state index in [1.165, 1.54) is 0 Å². The molecule has 4 heteroatoms. The lowest BCUT2D eigenvalue weighted by molar-refractivity contribution is -0.134. The van der Waals surface area contributed by atoms with Gasteiger partial charge in [0.2, 0.25) is 5.91 Å². The molecule has 0 saturated carbocycles. The van der Waals surface area contributed by atoms with E-state index < -0.39 is 0 Å². The van der Waals surface area contributed by atoms with Crippen LogP contribution in [0.4, 0.5) is 0 Å². The number of carbonyl (C=O) groups is 1. The Balaban J connectivity index is 2.07. The highest BCUT2D eigenvalue weighted by Crippen LogP contribution is 2.18. The zero-order chi connectivity index (χ0) is 13.1. The van der Waals surface area contributed by atoms with Crippen molar-refractivity contribution < 1.29 is 4.79 Å². The van der Waals surface area contributed by atoms with Gasteiger partial charge in [0.15, 0.2) is 0 Å². The Labute approximate surface area is 108 Å². The topological polar surface area (TPSA) is 59.2 Å². The lowest BCUT2D eigenvalue weighted by atomic mass is 9.97. The molecule has 18 heavy (non-hydrogen) atoms. The van der Waals surface area contributed by atoms with Crippen molar-refractivity contribution in [3.8, 4) is 0 Å². The Kier molecular flexibility index (Phi) is 3.97. The molecule has 0 saturated heterocycles. The molecule has 2 atom stereocenters. The van der Waals surface area contributed by atoms with Gasteiger partial charge < -0.3 is 10.6 Å². The van der Waals surface area contributed by atoms with Crippen LogP contribution < -0.4 is 5.73 Å². The van der Waals surface area contributed by atoms with E-state index in [9.17, 15) is 4.79 Å². The SMILES string of the molecule is CC[C@H](C)[C@H](N)C(=O)N1CCc2ncccc2C1. The number of hydrogen-bond donors (Lipinski definition) is 1. The number of pyridine rings is 1. The first-order valence-corrected chi connectivity index (χ1v) is 6.60. The highest BCUT2D eigenvalue weighted by Gasteiger charge is 2.27. The second kappa shape index (κ2) is 5.48. The molecule has 1 aliphatic rings. The highest BCUT2D eigenvalue weighted by atomic mass is 16.2. The van der Waals surface area contributed by atoms with Gasteiger partial charge in [-0.15, -0.1) is 0 Å². The van der Waals surface area contributed by atoms with Gasteiger partial charge in [0, 0.05) is 31.4 Å². The maximum absolute atomic E-state index is 12.3. The smallest absolute Gasteiger partial charge is 0.240 e. The minimum atomic E-state index is -0.381. The van der Waals surface area contributed by atoms with Crippen LogP contribution in [0.25, 0.3) is 0 Å². The summed E-state index contributed by atoms with van der Waals surface area (Å²) in [6.45, 7) is 5.47. The van der Waals surface area contributed by atoms with Crippen molar-refractivity contribution in [2.24, 2.45) is 11.7 Å². The van der Waals surface area contributed by atoms with Gasteiger partial charge >= 0.3 is 0 Å². The molecule has 0 radical (unpaired) electrons. The number of fused-ring (bicyclic) bond motifs is 1. The Bertz CT molecular complexity index is 433. The van der Waals surface area contributed by atoms with Crippen molar-refractivity contribution in [2.45, 2.75) is 39.3 Å². The highest BCUT2D eigenvalue weighted by molar-refractivity contribution is 5.82. The summed E-state index contributed by atoms with van der Waals surface area (Å²) in [4.78, 5) is 18.5. The number of aromatic nitrogens is 1. The predicted molar refractivity (Wildman–Crippen MR) is 70.8 cm³/mol. The van der Waals surface area contributed by atoms with E-state index >= 15 is 0 Å². The minimum Gasteiger partial charge on any atom is -0.337 e. The molecule has 0 bridgehead atoms.